The highest BCUT2D eigenvalue weighted by atomic mass is 16.4. The van der Waals surface area contributed by atoms with Crippen molar-refractivity contribution in [3.8, 4) is 5.69 Å². The molecule has 3 aliphatic rings. The minimum Gasteiger partial charge on any atom is -0.465 e. The van der Waals surface area contributed by atoms with Gasteiger partial charge < -0.3 is 15.0 Å². The molecule has 6 rings (SSSR count). The van der Waals surface area contributed by atoms with E-state index in [-0.39, 0.29) is 17.6 Å². The van der Waals surface area contributed by atoms with Crippen LogP contribution < -0.4 is 10.9 Å². The molecular formula is C24H25N5O3. The third-order valence-electron chi connectivity index (χ3n) is 6.96. The van der Waals surface area contributed by atoms with E-state index in [0.717, 1.165) is 22.6 Å². The molecule has 1 aliphatic carbocycles. The first-order valence-electron chi connectivity index (χ1n) is 11.2. The van der Waals surface area contributed by atoms with E-state index >= 15 is 0 Å². The fourth-order valence-corrected chi connectivity index (χ4v) is 5.21. The average Bonchev–Trinajstić information content (AvgIpc) is 3.60. The van der Waals surface area contributed by atoms with Gasteiger partial charge >= 0.3 is 6.09 Å². The molecule has 164 valence electrons. The molecule has 2 atom stereocenters. The fourth-order valence-electron chi connectivity index (χ4n) is 5.21. The maximum Gasteiger partial charge on any atom is 0.407 e. The van der Waals surface area contributed by atoms with Crippen LogP contribution in [-0.4, -0.2) is 50.1 Å². The molecular weight excluding hydrogens is 406 g/mol. The first-order chi connectivity index (χ1) is 15.6. The van der Waals surface area contributed by atoms with Crippen LogP contribution in [0.15, 0.2) is 53.5 Å². The van der Waals surface area contributed by atoms with Gasteiger partial charge in [-0.25, -0.2) is 9.48 Å². The third-order valence-corrected chi connectivity index (χ3v) is 6.96. The highest BCUT2D eigenvalue weighted by Crippen LogP contribution is 2.41. The lowest BCUT2D eigenvalue weighted by Gasteiger charge is -2.33. The predicted octanol–water partition coefficient (Wildman–Crippen LogP) is 2.68. The zero-order valence-electron chi connectivity index (χ0n) is 17.6. The number of hydrogen-bond donors (Lipinski definition) is 2. The Hall–Kier alpha value is -3.39. The molecule has 2 aliphatic heterocycles. The summed E-state index contributed by atoms with van der Waals surface area (Å²) in [7, 11) is 0. The summed E-state index contributed by atoms with van der Waals surface area (Å²) >= 11 is 0. The smallest absolute Gasteiger partial charge is 0.407 e. The summed E-state index contributed by atoms with van der Waals surface area (Å²) in [5.41, 5.74) is 5.01. The Kier molecular flexibility index (Phi) is 4.43. The molecule has 8 heteroatoms. The summed E-state index contributed by atoms with van der Waals surface area (Å²) in [6.07, 6.45) is 3.96. The SMILES string of the molecule is O=C(O)N1CCc2c3c(nn2-c2ccc(C4CC4)cc2)C(n2ccccc2=O)CNCC31. The molecule has 0 spiro atoms. The quantitative estimate of drug-likeness (QED) is 0.665. The number of aromatic nitrogens is 3. The molecule has 0 saturated heterocycles. The lowest BCUT2D eigenvalue weighted by Crippen LogP contribution is -2.43. The van der Waals surface area contributed by atoms with Gasteiger partial charge in [-0.3, -0.25) is 9.69 Å². The van der Waals surface area contributed by atoms with Crippen LogP contribution in [0.25, 0.3) is 5.69 Å². The van der Waals surface area contributed by atoms with E-state index in [4.69, 9.17) is 5.10 Å². The predicted molar refractivity (Wildman–Crippen MR) is 118 cm³/mol. The van der Waals surface area contributed by atoms with Crippen molar-refractivity contribution in [2.45, 2.75) is 37.3 Å². The van der Waals surface area contributed by atoms with Crippen LogP contribution in [0.2, 0.25) is 0 Å². The number of hydrogen-bond acceptors (Lipinski definition) is 4. The number of amides is 1. The lowest BCUT2D eigenvalue weighted by atomic mass is 9.95. The average molecular weight is 431 g/mol. The summed E-state index contributed by atoms with van der Waals surface area (Å²) < 4.78 is 3.66. The van der Waals surface area contributed by atoms with E-state index < -0.39 is 6.09 Å². The van der Waals surface area contributed by atoms with Gasteiger partial charge in [0, 0.05) is 43.9 Å². The second-order valence-electron chi connectivity index (χ2n) is 8.89. The van der Waals surface area contributed by atoms with E-state index in [1.54, 1.807) is 22.9 Å². The number of carboxylic acid groups (broad SMARTS) is 1. The van der Waals surface area contributed by atoms with E-state index in [1.165, 1.54) is 23.3 Å². The van der Waals surface area contributed by atoms with Gasteiger partial charge in [-0.15, -0.1) is 0 Å². The lowest BCUT2D eigenvalue weighted by molar-refractivity contribution is 0.119. The number of carbonyl (C=O) groups is 1. The van der Waals surface area contributed by atoms with Gasteiger partial charge in [-0.2, -0.15) is 5.10 Å². The number of pyridine rings is 1. The molecule has 1 fully saturated rings. The topological polar surface area (TPSA) is 92.4 Å². The number of nitrogens with one attached hydrogen (secondary N) is 1. The van der Waals surface area contributed by atoms with Crippen LogP contribution in [0.1, 0.15) is 53.4 Å². The van der Waals surface area contributed by atoms with Crippen molar-refractivity contribution in [2.24, 2.45) is 0 Å². The third kappa shape index (κ3) is 3.05. The molecule has 1 amide bonds. The van der Waals surface area contributed by atoms with Crippen LogP contribution in [0.3, 0.4) is 0 Å². The number of rotatable bonds is 3. The van der Waals surface area contributed by atoms with Gasteiger partial charge in [0.15, 0.2) is 0 Å². The van der Waals surface area contributed by atoms with Crippen molar-refractivity contribution >= 4 is 6.09 Å². The Morgan fingerprint density at radius 2 is 1.84 bits per heavy atom. The van der Waals surface area contributed by atoms with Crippen LogP contribution in [0.5, 0.6) is 0 Å². The van der Waals surface area contributed by atoms with Crippen molar-refractivity contribution < 1.29 is 9.90 Å². The maximum absolute atomic E-state index is 12.6. The van der Waals surface area contributed by atoms with E-state index in [1.807, 2.05) is 10.7 Å². The largest absolute Gasteiger partial charge is 0.465 e. The van der Waals surface area contributed by atoms with Crippen molar-refractivity contribution in [3.05, 3.63) is 81.5 Å². The zero-order chi connectivity index (χ0) is 21.8. The first-order valence-corrected chi connectivity index (χ1v) is 11.2. The second kappa shape index (κ2) is 7.34. The number of benzene rings is 1. The summed E-state index contributed by atoms with van der Waals surface area (Å²) in [6, 6.07) is 13.1. The molecule has 4 heterocycles. The highest BCUT2D eigenvalue weighted by molar-refractivity contribution is 5.67. The Morgan fingerprint density at radius 1 is 1.06 bits per heavy atom. The second-order valence-corrected chi connectivity index (χ2v) is 8.89. The molecule has 1 aromatic carbocycles. The van der Waals surface area contributed by atoms with Crippen molar-refractivity contribution in [1.82, 2.24) is 24.6 Å². The normalized spacial score (nSPS) is 22.3. The zero-order valence-corrected chi connectivity index (χ0v) is 17.6. The Balaban J connectivity index is 1.52. The van der Waals surface area contributed by atoms with Gasteiger partial charge in [0.1, 0.15) is 0 Å². The molecule has 1 saturated carbocycles. The monoisotopic (exact) mass is 431 g/mol. The molecule has 8 nitrogen and oxygen atoms in total. The van der Waals surface area contributed by atoms with Gasteiger partial charge in [0.25, 0.3) is 5.56 Å². The number of nitrogens with zero attached hydrogens (tertiary/aromatic N) is 4. The molecule has 0 bridgehead atoms. The Labute approximate surface area is 185 Å². The van der Waals surface area contributed by atoms with Gasteiger partial charge in [0.2, 0.25) is 0 Å². The minimum atomic E-state index is -0.926. The summed E-state index contributed by atoms with van der Waals surface area (Å²) in [4.78, 5) is 26.1. The van der Waals surface area contributed by atoms with Crippen molar-refractivity contribution in [1.29, 1.82) is 0 Å². The van der Waals surface area contributed by atoms with Gasteiger partial charge in [-0.05, 0) is 42.5 Å². The highest BCUT2D eigenvalue weighted by Gasteiger charge is 2.40. The van der Waals surface area contributed by atoms with Crippen LogP contribution in [0, 0.1) is 0 Å². The van der Waals surface area contributed by atoms with Crippen molar-refractivity contribution in [3.63, 3.8) is 0 Å². The summed E-state index contributed by atoms with van der Waals surface area (Å²) in [5, 5.41) is 18.2. The van der Waals surface area contributed by atoms with Gasteiger partial charge in [0.05, 0.1) is 29.2 Å². The molecule has 2 unspecified atom stereocenters. The molecule has 2 aromatic heterocycles. The van der Waals surface area contributed by atoms with E-state index in [0.29, 0.717) is 32.0 Å². The summed E-state index contributed by atoms with van der Waals surface area (Å²) in [5.74, 6) is 0.686. The summed E-state index contributed by atoms with van der Waals surface area (Å²) in [6.45, 7) is 1.44. The first kappa shape index (κ1) is 19.3. The molecule has 0 radical (unpaired) electrons. The fraction of sp³-hybridized carbons (Fsp3) is 0.375. The minimum absolute atomic E-state index is 0.0965. The van der Waals surface area contributed by atoms with Crippen molar-refractivity contribution in [2.75, 3.05) is 19.6 Å². The molecule has 2 N–H and O–H groups in total. The molecule has 3 aromatic rings. The van der Waals surface area contributed by atoms with E-state index in [9.17, 15) is 14.7 Å². The van der Waals surface area contributed by atoms with Crippen LogP contribution in [0.4, 0.5) is 4.79 Å². The Morgan fingerprint density at radius 3 is 2.56 bits per heavy atom. The van der Waals surface area contributed by atoms with Crippen LogP contribution in [-0.2, 0) is 6.42 Å². The van der Waals surface area contributed by atoms with Crippen LogP contribution >= 0.6 is 0 Å². The van der Waals surface area contributed by atoms with Gasteiger partial charge in [-0.1, -0.05) is 18.2 Å². The van der Waals surface area contributed by atoms with E-state index in [2.05, 4.69) is 29.6 Å². The Bertz CT molecular complexity index is 1240. The molecule has 32 heavy (non-hydrogen) atoms. The standard InChI is InChI=1S/C24H25N5O3/c30-21-3-1-2-11-27(21)20-14-25-13-19-22-18(10-12-28(19)24(31)32)29(26-23(20)22)17-8-6-16(7-9-17)15-4-5-15/h1-3,6-9,11,15,19-20,25H,4-5,10,12-14H2,(H,31,32). The maximum atomic E-state index is 12.6.